The maximum Gasteiger partial charge on any atom is 0.00970 e. The average Bonchev–Trinajstić information content (AvgIpc) is 3.06. The predicted octanol–water partition coefficient (Wildman–Crippen LogP) is 9.00. The van der Waals surface area contributed by atoms with Crippen LogP contribution in [0.2, 0.25) is 0 Å². The van der Waals surface area contributed by atoms with Gasteiger partial charge < -0.3 is 5.73 Å². The van der Waals surface area contributed by atoms with E-state index in [1.54, 1.807) is 0 Å². The molecule has 1 heteroatoms. The van der Waals surface area contributed by atoms with Gasteiger partial charge in [-0.3, -0.25) is 0 Å². The molecule has 0 radical (unpaired) electrons. The standard InChI is InChI=1S/C22H45N.2C2H6/c1-8-10-12-18(3)19-13-16-22(7,17-19)21(6,9-2)15-11-14-20(4,5)23;2*1-2/h18-19H,8-17,23H2,1-7H3;2*1-2H3. The molecule has 1 aliphatic carbocycles. The molecule has 0 aromatic heterocycles. The average molecular weight is 384 g/mol. The van der Waals surface area contributed by atoms with Crippen LogP contribution < -0.4 is 5.73 Å². The van der Waals surface area contributed by atoms with E-state index >= 15 is 0 Å². The molecular weight excluding hydrogens is 326 g/mol. The molecule has 1 rings (SSSR count). The molecule has 1 aliphatic rings. The fraction of sp³-hybridized carbons (Fsp3) is 1.00. The molecule has 1 saturated carbocycles. The van der Waals surface area contributed by atoms with Gasteiger partial charge >= 0.3 is 0 Å². The first-order valence-electron chi connectivity index (χ1n) is 12.4. The van der Waals surface area contributed by atoms with Gasteiger partial charge in [-0.15, -0.1) is 0 Å². The van der Waals surface area contributed by atoms with E-state index in [1.807, 2.05) is 27.7 Å². The van der Waals surface area contributed by atoms with Crippen molar-refractivity contribution in [2.45, 2.75) is 146 Å². The van der Waals surface area contributed by atoms with Crippen molar-refractivity contribution in [3.05, 3.63) is 0 Å². The van der Waals surface area contributed by atoms with Crippen LogP contribution in [-0.4, -0.2) is 5.54 Å². The fourth-order valence-corrected chi connectivity index (χ4v) is 4.92. The lowest BCUT2D eigenvalue weighted by molar-refractivity contribution is 0.0485. The molecule has 1 fully saturated rings. The summed E-state index contributed by atoms with van der Waals surface area (Å²) < 4.78 is 0. The van der Waals surface area contributed by atoms with Crippen LogP contribution in [0.1, 0.15) is 140 Å². The van der Waals surface area contributed by atoms with E-state index in [2.05, 4.69) is 48.5 Å². The molecule has 0 aromatic carbocycles. The van der Waals surface area contributed by atoms with Crippen molar-refractivity contribution in [1.82, 2.24) is 0 Å². The van der Waals surface area contributed by atoms with Crippen LogP contribution in [0.4, 0.5) is 0 Å². The van der Waals surface area contributed by atoms with Crippen molar-refractivity contribution in [1.29, 1.82) is 0 Å². The summed E-state index contributed by atoms with van der Waals surface area (Å²) in [6.45, 7) is 24.7. The van der Waals surface area contributed by atoms with Crippen molar-refractivity contribution < 1.29 is 0 Å². The zero-order chi connectivity index (χ0) is 21.7. The molecule has 27 heavy (non-hydrogen) atoms. The number of nitrogens with two attached hydrogens (primary N) is 1. The van der Waals surface area contributed by atoms with Crippen LogP contribution in [0.25, 0.3) is 0 Å². The summed E-state index contributed by atoms with van der Waals surface area (Å²) in [6.07, 6.45) is 13.6. The highest BCUT2D eigenvalue weighted by molar-refractivity contribution is 4.98. The second-order valence-electron chi connectivity index (χ2n) is 9.94. The van der Waals surface area contributed by atoms with E-state index in [4.69, 9.17) is 5.73 Å². The van der Waals surface area contributed by atoms with Gasteiger partial charge in [-0.25, -0.2) is 0 Å². The van der Waals surface area contributed by atoms with Crippen LogP contribution >= 0.6 is 0 Å². The summed E-state index contributed by atoms with van der Waals surface area (Å²) in [5.74, 6) is 1.88. The van der Waals surface area contributed by atoms with Gasteiger partial charge in [0.25, 0.3) is 0 Å². The molecule has 0 heterocycles. The minimum absolute atomic E-state index is 0.0115. The lowest BCUT2D eigenvalue weighted by atomic mass is 9.60. The smallest absolute Gasteiger partial charge is 0.00970 e. The third-order valence-electron chi connectivity index (χ3n) is 7.38. The Hall–Kier alpha value is -0.0400. The minimum Gasteiger partial charge on any atom is -0.326 e. The van der Waals surface area contributed by atoms with Crippen LogP contribution in [0.5, 0.6) is 0 Å². The summed E-state index contributed by atoms with van der Waals surface area (Å²) in [7, 11) is 0. The summed E-state index contributed by atoms with van der Waals surface area (Å²) in [5, 5.41) is 0. The summed E-state index contributed by atoms with van der Waals surface area (Å²) in [5.41, 5.74) is 7.21. The van der Waals surface area contributed by atoms with E-state index in [0.717, 1.165) is 18.3 Å². The Bertz CT molecular complexity index is 343. The highest BCUT2D eigenvalue weighted by Crippen LogP contribution is 2.58. The topological polar surface area (TPSA) is 26.0 Å². The SMILES string of the molecule is CC.CC.CCCCC(C)C1CCC(C)(C(C)(CC)CCCC(C)(C)N)C1. The number of hydrogen-bond donors (Lipinski definition) is 1. The van der Waals surface area contributed by atoms with Gasteiger partial charge in [0.1, 0.15) is 0 Å². The highest BCUT2D eigenvalue weighted by atomic mass is 14.7. The Labute approximate surface area is 174 Å². The molecular formula is C26H57N. The summed E-state index contributed by atoms with van der Waals surface area (Å²) in [6, 6.07) is 0. The lowest BCUT2D eigenvalue weighted by Crippen LogP contribution is -2.37. The van der Waals surface area contributed by atoms with E-state index in [-0.39, 0.29) is 5.54 Å². The van der Waals surface area contributed by atoms with Crippen molar-refractivity contribution in [3.63, 3.8) is 0 Å². The summed E-state index contributed by atoms with van der Waals surface area (Å²) in [4.78, 5) is 0. The zero-order valence-electron chi connectivity index (χ0n) is 21.3. The zero-order valence-corrected chi connectivity index (χ0v) is 21.3. The van der Waals surface area contributed by atoms with Crippen molar-refractivity contribution >= 4 is 0 Å². The minimum atomic E-state index is -0.0115. The molecule has 0 bridgehead atoms. The number of rotatable bonds is 10. The third kappa shape index (κ3) is 9.82. The van der Waals surface area contributed by atoms with Crippen molar-refractivity contribution in [3.8, 4) is 0 Å². The molecule has 0 saturated heterocycles. The number of hydrogen-bond acceptors (Lipinski definition) is 1. The molecule has 4 atom stereocenters. The third-order valence-corrected chi connectivity index (χ3v) is 7.38. The molecule has 0 spiro atoms. The first-order valence-corrected chi connectivity index (χ1v) is 12.4. The summed E-state index contributed by atoms with van der Waals surface area (Å²) >= 11 is 0. The Morgan fingerprint density at radius 3 is 2.00 bits per heavy atom. The maximum atomic E-state index is 6.20. The Kier molecular flexibility index (Phi) is 15.1. The van der Waals surface area contributed by atoms with Gasteiger partial charge in [0.2, 0.25) is 0 Å². The van der Waals surface area contributed by atoms with Crippen LogP contribution in [0, 0.1) is 22.7 Å². The predicted molar refractivity (Wildman–Crippen MR) is 127 cm³/mol. The first kappa shape index (κ1) is 29.2. The first-order chi connectivity index (χ1) is 12.6. The highest BCUT2D eigenvalue weighted by Gasteiger charge is 2.48. The van der Waals surface area contributed by atoms with E-state index in [0.29, 0.717) is 10.8 Å². The molecule has 4 unspecified atom stereocenters. The van der Waals surface area contributed by atoms with E-state index in [9.17, 15) is 0 Å². The molecule has 0 aliphatic heterocycles. The normalized spacial score (nSPS) is 25.6. The largest absolute Gasteiger partial charge is 0.326 e. The van der Waals surface area contributed by atoms with Crippen molar-refractivity contribution in [2.75, 3.05) is 0 Å². The van der Waals surface area contributed by atoms with Gasteiger partial charge in [-0.05, 0) is 68.6 Å². The van der Waals surface area contributed by atoms with Crippen LogP contribution in [-0.2, 0) is 0 Å². The van der Waals surface area contributed by atoms with Crippen molar-refractivity contribution in [2.24, 2.45) is 28.4 Å². The van der Waals surface area contributed by atoms with Gasteiger partial charge in [0.05, 0.1) is 0 Å². The van der Waals surface area contributed by atoms with Gasteiger partial charge in [0.15, 0.2) is 0 Å². The second-order valence-corrected chi connectivity index (χ2v) is 9.94. The van der Waals surface area contributed by atoms with Crippen LogP contribution in [0.15, 0.2) is 0 Å². The molecule has 0 aromatic rings. The fourth-order valence-electron chi connectivity index (χ4n) is 4.92. The Morgan fingerprint density at radius 2 is 1.56 bits per heavy atom. The molecule has 166 valence electrons. The molecule has 2 N–H and O–H groups in total. The Morgan fingerprint density at radius 1 is 1.00 bits per heavy atom. The maximum absolute atomic E-state index is 6.20. The molecule has 1 nitrogen and oxygen atoms in total. The van der Waals surface area contributed by atoms with Crippen LogP contribution in [0.3, 0.4) is 0 Å². The lowest BCUT2D eigenvalue weighted by Gasteiger charge is -2.45. The van der Waals surface area contributed by atoms with Gasteiger partial charge in [0, 0.05) is 5.54 Å². The molecule has 0 amide bonds. The monoisotopic (exact) mass is 383 g/mol. The second kappa shape index (κ2) is 14.0. The van der Waals surface area contributed by atoms with Gasteiger partial charge in [-0.2, -0.15) is 0 Å². The quantitative estimate of drug-likeness (QED) is 0.400. The van der Waals surface area contributed by atoms with Gasteiger partial charge in [-0.1, -0.05) is 94.4 Å². The van der Waals surface area contributed by atoms with E-state index < -0.39 is 0 Å². The van der Waals surface area contributed by atoms with E-state index in [1.165, 1.54) is 57.8 Å². The number of unbranched alkanes of at least 4 members (excludes halogenated alkanes) is 1. The Balaban J connectivity index is 0.